The number of thioether (sulfide) groups is 1. The lowest BCUT2D eigenvalue weighted by Gasteiger charge is -2.17. The van der Waals surface area contributed by atoms with Crippen LogP contribution in [0, 0.1) is 0 Å². The molecule has 5 nitrogen and oxygen atoms in total. The third-order valence-electron chi connectivity index (χ3n) is 4.45. The van der Waals surface area contributed by atoms with Crippen molar-refractivity contribution in [1.29, 1.82) is 0 Å². The molecule has 2 atom stereocenters. The highest BCUT2D eigenvalue weighted by molar-refractivity contribution is 14.0. The van der Waals surface area contributed by atoms with Gasteiger partial charge < -0.3 is 10.6 Å². The molecule has 3 rings (SSSR count). The van der Waals surface area contributed by atoms with Gasteiger partial charge in [0.1, 0.15) is 0 Å². The van der Waals surface area contributed by atoms with Crippen molar-refractivity contribution in [1.82, 2.24) is 20.4 Å². The molecule has 0 amide bonds. The number of nitrogens with zero attached hydrogens (tertiary/aromatic N) is 3. The Bertz CT molecular complexity index is 657. The van der Waals surface area contributed by atoms with Crippen LogP contribution < -0.4 is 10.6 Å². The van der Waals surface area contributed by atoms with Crippen LogP contribution in [0.5, 0.6) is 0 Å². The maximum Gasteiger partial charge on any atom is 0.191 e. The minimum absolute atomic E-state index is 0. The first kappa shape index (κ1) is 20.1. The van der Waals surface area contributed by atoms with Gasteiger partial charge in [-0.3, -0.25) is 4.99 Å². The van der Waals surface area contributed by atoms with Gasteiger partial charge in [0, 0.05) is 37.3 Å². The largest absolute Gasteiger partial charge is 0.354 e. The lowest BCUT2D eigenvalue weighted by atomic mass is 10.2. The molecular weight excluding hydrogens is 445 g/mol. The molecule has 0 spiro atoms. The minimum atomic E-state index is 0. The molecule has 136 valence electrons. The van der Waals surface area contributed by atoms with Gasteiger partial charge in [0.2, 0.25) is 0 Å². The summed E-state index contributed by atoms with van der Waals surface area (Å²) in [4.78, 5) is 4.35. The van der Waals surface area contributed by atoms with Crippen molar-refractivity contribution in [3.05, 3.63) is 48.3 Å². The lowest BCUT2D eigenvalue weighted by molar-refractivity contribution is 0.614. The van der Waals surface area contributed by atoms with Crippen molar-refractivity contribution in [2.45, 2.75) is 37.1 Å². The van der Waals surface area contributed by atoms with Crippen LogP contribution in [0.2, 0.25) is 0 Å². The highest BCUT2D eigenvalue weighted by Crippen LogP contribution is 2.28. The zero-order valence-electron chi connectivity index (χ0n) is 14.7. The first-order chi connectivity index (χ1) is 11.8. The van der Waals surface area contributed by atoms with Gasteiger partial charge >= 0.3 is 0 Å². The van der Waals surface area contributed by atoms with Gasteiger partial charge in [-0.1, -0.05) is 12.1 Å². The van der Waals surface area contributed by atoms with E-state index in [2.05, 4.69) is 51.2 Å². The van der Waals surface area contributed by atoms with E-state index >= 15 is 0 Å². The first-order valence-electron chi connectivity index (χ1n) is 8.37. The number of hydrogen-bond donors (Lipinski definition) is 2. The molecule has 1 fully saturated rings. The average Bonchev–Trinajstić information content (AvgIpc) is 3.30. The van der Waals surface area contributed by atoms with Gasteiger partial charge in [0.05, 0.1) is 5.69 Å². The molecule has 0 saturated heterocycles. The Morgan fingerprint density at radius 2 is 2.12 bits per heavy atom. The van der Waals surface area contributed by atoms with Crippen LogP contribution in [0.15, 0.2) is 47.7 Å². The molecule has 2 N–H and O–H groups in total. The van der Waals surface area contributed by atoms with E-state index in [0.29, 0.717) is 6.04 Å². The van der Waals surface area contributed by atoms with Gasteiger partial charge in [-0.2, -0.15) is 16.9 Å². The van der Waals surface area contributed by atoms with E-state index < -0.39 is 0 Å². The summed E-state index contributed by atoms with van der Waals surface area (Å²) < 4.78 is 1.86. The van der Waals surface area contributed by atoms with Gasteiger partial charge in [-0.05, 0) is 49.3 Å². The van der Waals surface area contributed by atoms with Crippen molar-refractivity contribution in [3.8, 4) is 5.69 Å². The number of nitrogens with one attached hydrogen (secondary N) is 2. The number of rotatable bonds is 5. The summed E-state index contributed by atoms with van der Waals surface area (Å²) >= 11 is 1.97. The highest BCUT2D eigenvalue weighted by Gasteiger charge is 2.24. The fraction of sp³-hybridized carbons (Fsp3) is 0.444. The molecule has 7 heteroatoms. The van der Waals surface area contributed by atoms with Gasteiger partial charge in [-0.25, -0.2) is 4.68 Å². The number of benzene rings is 1. The maximum absolute atomic E-state index is 4.35. The van der Waals surface area contributed by atoms with Crippen LogP contribution in [0.25, 0.3) is 5.69 Å². The molecule has 25 heavy (non-hydrogen) atoms. The summed E-state index contributed by atoms with van der Waals surface area (Å²) in [6.07, 6.45) is 9.68. The van der Waals surface area contributed by atoms with Crippen molar-refractivity contribution in [2.24, 2.45) is 4.99 Å². The molecule has 2 aromatic rings. The van der Waals surface area contributed by atoms with E-state index in [1.54, 1.807) is 6.20 Å². The van der Waals surface area contributed by atoms with E-state index in [-0.39, 0.29) is 24.0 Å². The lowest BCUT2D eigenvalue weighted by Crippen LogP contribution is -2.42. The summed E-state index contributed by atoms with van der Waals surface area (Å²) in [5.41, 5.74) is 2.29. The van der Waals surface area contributed by atoms with Crippen LogP contribution in [0.3, 0.4) is 0 Å². The summed E-state index contributed by atoms with van der Waals surface area (Å²) in [5, 5.41) is 12.0. The highest BCUT2D eigenvalue weighted by atomic mass is 127. The van der Waals surface area contributed by atoms with E-state index in [1.165, 1.54) is 24.8 Å². The molecule has 1 aliphatic rings. The number of hydrogen-bond acceptors (Lipinski definition) is 3. The number of aliphatic imine (C=N–C) groups is 1. The second-order valence-electron chi connectivity index (χ2n) is 6.05. The van der Waals surface area contributed by atoms with Crippen molar-refractivity contribution in [2.75, 3.05) is 13.3 Å². The molecule has 1 aliphatic carbocycles. The molecule has 0 radical (unpaired) electrons. The number of halogens is 1. The topological polar surface area (TPSA) is 54.2 Å². The molecule has 0 aliphatic heterocycles. The number of aromatic nitrogens is 2. The van der Waals surface area contributed by atoms with Crippen LogP contribution in [0.1, 0.15) is 24.8 Å². The minimum Gasteiger partial charge on any atom is -0.354 e. The first-order valence-corrected chi connectivity index (χ1v) is 9.66. The number of guanidine groups is 1. The van der Waals surface area contributed by atoms with Crippen LogP contribution >= 0.6 is 35.7 Å². The van der Waals surface area contributed by atoms with Crippen molar-refractivity contribution in [3.63, 3.8) is 0 Å². The predicted molar refractivity (Wildman–Crippen MR) is 117 cm³/mol. The average molecular weight is 471 g/mol. The third-order valence-corrected chi connectivity index (χ3v) is 5.54. The Hall–Kier alpha value is -1.22. The summed E-state index contributed by atoms with van der Waals surface area (Å²) in [6.45, 7) is 0.762. The molecule has 1 aromatic heterocycles. The quantitative estimate of drug-likeness (QED) is 0.399. The molecule has 2 unspecified atom stereocenters. The van der Waals surface area contributed by atoms with Crippen LogP contribution in [-0.4, -0.2) is 40.3 Å². The normalized spacial score (nSPS) is 20.2. The molecule has 1 saturated carbocycles. The van der Waals surface area contributed by atoms with Crippen molar-refractivity contribution >= 4 is 41.7 Å². The van der Waals surface area contributed by atoms with Crippen LogP contribution in [0.4, 0.5) is 0 Å². The SMILES string of the molecule is CN=C(NCc1ccc(-n2cccn2)cc1)NC1CCC(SC)C1.I. The zero-order valence-corrected chi connectivity index (χ0v) is 17.8. The van der Waals surface area contributed by atoms with Gasteiger partial charge in [-0.15, -0.1) is 24.0 Å². The Labute approximate surface area is 171 Å². The summed E-state index contributed by atoms with van der Waals surface area (Å²) in [7, 11) is 1.83. The fourth-order valence-corrected chi connectivity index (χ4v) is 3.84. The maximum atomic E-state index is 4.35. The van der Waals surface area contributed by atoms with E-state index in [0.717, 1.165) is 23.4 Å². The van der Waals surface area contributed by atoms with Gasteiger partial charge in [0.25, 0.3) is 0 Å². The molecule has 1 aromatic carbocycles. The van der Waals surface area contributed by atoms with Gasteiger partial charge in [0.15, 0.2) is 5.96 Å². The zero-order chi connectivity index (χ0) is 16.8. The van der Waals surface area contributed by atoms with E-state index in [4.69, 9.17) is 0 Å². The Morgan fingerprint density at radius 3 is 2.72 bits per heavy atom. The van der Waals surface area contributed by atoms with E-state index in [9.17, 15) is 0 Å². The third kappa shape index (κ3) is 5.64. The molecule has 1 heterocycles. The Balaban J connectivity index is 0.00000225. The predicted octanol–water partition coefficient (Wildman–Crippen LogP) is 3.44. The van der Waals surface area contributed by atoms with Crippen molar-refractivity contribution < 1.29 is 0 Å². The Kier molecular flexibility index (Phi) is 8.08. The monoisotopic (exact) mass is 471 g/mol. The summed E-state index contributed by atoms with van der Waals surface area (Å²) in [5.74, 6) is 0.887. The van der Waals surface area contributed by atoms with E-state index in [1.807, 2.05) is 35.8 Å². The fourth-order valence-electron chi connectivity index (χ4n) is 3.05. The molecular formula is C18H26IN5S. The standard InChI is InChI=1S/C18H25N5S.HI/c1-19-18(22-15-6-9-17(12-15)24-2)20-13-14-4-7-16(8-5-14)23-11-3-10-21-23;/h3-5,7-8,10-11,15,17H,6,9,12-13H2,1-2H3,(H2,19,20,22);1H. The van der Waals surface area contributed by atoms with Crippen LogP contribution in [-0.2, 0) is 6.54 Å². The second-order valence-corrected chi connectivity index (χ2v) is 7.19. The smallest absolute Gasteiger partial charge is 0.191 e. The second kappa shape index (κ2) is 10.1. The molecule has 0 bridgehead atoms. The Morgan fingerprint density at radius 1 is 1.32 bits per heavy atom. The summed E-state index contributed by atoms with van der Waals surface area (Å²) in [6, 6.07) is 10.9.